The van der Waals surface area contributed by atoms with Gasteiger partial charge in [0.25, 0.3) is 5.56 Å². The fourth-order valence-electron chi connectivity index (χ4n) is 3.32. The maximum Gasteiger partial charge on any atom is 0.266 e. The van der Waals surface area contributed by atoms with E-state index in [-0.39, 0.29) is 23.6 Å². The molecule has 0 saturated carbocycles. The van der Waals surface area contributed by atoms with Crippen LogP contribution < -0.4 is 5.56 Å². The number of benzene rings is 2. The van der Waals surface area contributed by atoms with Gasteiger partial charge in [-0.1, -0.05) is 12.1 Å². The van der Waals surface area contributed by atoms with Crippen LogP contribution in [0.3, 0.4) is 0 Å². The van der Waals surface area contributed by atoms with Crippen molar-refractivity contribution in [2.24, 2.45) is 0 Å². The Morgan fingerprint density at radius 2 is 2.04 bits per heavy atom. The third-order valence-electron chi connectivity index (χ3n) is 4.30. The Hall–Kier alpha value is -2.06. The summed E-state index contributed by atoms with van der Waals surface area (Å²) in [6.07, 6.45) is -0.120. The summed E-state index contributed by atoms with van der Waals surface area (Å²) in [7, 11) is 0. The fourth-order valence-corrected chi connectivity index (χ4v) is 3.81. The lowest BCUT2D eigenvalue weighted by Crippen LogP contribution is -2.32. The van der Waals surface area contributed by atoms with Crippen LogP contribution in [-0.4, -0.2) is 20.4 Å². The van der Waals surface area contributed by atoms with Crippen molar-refractivity contribution in [1.29, 1.82) is 0 Å². The molecular weight excluding hydrogens is 419 g/mol. The molecule has 1 atom stereocenters. The van der Waals surface area contributed by atoms with Crippen molar-refractivity contribution in [2.75, 3.05) is 0 Å². The molecular formula is C18H13IN2O3. The third-order valence-corrected chi connectivity index (χ3v) is 4.97. The van der Waals surface area contributed by atoms with E-state index in [0.29, 0.717) is 22.2 Å². The number of para-hydroxylation sites is 1. The quantitative estimate of drug-likeness (QED) is 0.632. The lowest BCUT2D eigenvalue weighted by molar-refractivity contribution is -0.120. The number of halogens is 1. The molecule has 0 aliphatic carbocycles. The van der Waals surface area contributed by atoms with Crippen molar-refractivity contribution in [3.63, 3.8) is 0 Å². The van der Waals surface area contributed by atoms with Crippen molar-refractivity contribution in [3.05, 3.63) is 67.8 Å². The molecule has 1 N–H and O–H groups in total. The molecule has 24 heavy (non-hydrogen) atoms. The summed E-state index contributed by atoms with van der Waals surface area (Å²) in [5, 5.41) is 11.8. The molecule has 2 heterocycles. The van der Waals surface area contributed by atoms with Gasteiger partial charge in [0.1, 0.15) is 5.78 Å². The van der Waals surface area contributed by atoms with E-state index in [1.165, 1.54) is 11.5 Å². The van der Waals surface area contributed by atoms with E-state index in [1.54, 1.807) is 36.4 Å². The van der Waals surface area contributed by atoms with Gasteiger partial charge >= 0.3 is 0 Å². The topological polar surface area (TPSA) is 72.2 Å². The van der Waals surface area contributed by atoms with Gasteiger partial charge in [0.2, 0.25) is 0 Å². The van der Waals surface area contributed by atoms with Crippen LogP contribution in [0, 0.1) is 3.57 Å². The number of carbonyl (C=O) groups excluding carboxylic acids is 1. The van der Waals surface area contributed by atoms with E-state index in [9.17, 15) is 14.7 Å². The highest BCUT2D eigenvalue weighted by Crippen LogP contribution is 2.42. The summed E-state index contributed by atoms with van der Waals surface area (Å²) in [6, 6.07) is 12.5. The highest BCUT2D eigenvalue weighted by molar-refractivity contribution is 14.1. The van der Waals surface area contributed by atoms with E-state index in [1.807, 2.05) is 6.07 Å². The van der Waals surface area contributed by atoms with Crippen molar-refractivity contribution < 1.29 is 9.90 Å². The first-order chi connectivity index (χ1) is 11.4. The van der Waals surface area contributed by atoms with Crippen LogP contribution in [0.1, 0.15) is 24.7 Å². The zero-order chi connectivity index (χ0) is 17.1. The molecule has 5 nitrogen and oxygen atoms in total. The van der Waals surface area contributed by atoms with Gasteiger partial charge in [-0.25, -0.2) is 4.98 Å². The first-order valence-electron chi connectivity index (χ1n) is 7.46. The minimum absolute atomic E-state index is 0.120. The lowest BCUT2D eigenvalue weighted by atomic mass is 9.89. The number of hydrogen-bond acceptors (Lipinski definition) is 4. The number of ketones is 1. The molecule has 0 bridgehead atoms. The first kappa shape index (κ1) is 15.5. The Balaban J connectivity index is 2.16. The number of hydrogen-bond donors (Lipinski definition) is 1. The number of Topliss-reactive ketones (excluding diaryl/α,β-unsaturated/α-hetero) is 1. The largest absolute Gasteiger partial charge is 0.377 e. The summed E-state index contributed by atoms with van der Waals surface area (Å²) in [5.41, 5.74) is -0.191. The average molecular weight is 432 g/mol. The molecule has 2 aromatic carbocycles. The van der Waals surface area contributed by atoms with Crippen LogP contribution in [0.5, 0.6) is 0 Å². The summed E-state index contributed by atoms with van der Waals surface area (Å²) in [5.74, 6) is 0.0385. The molecule has 0 saturated heterocycles. The molecule has 4 rings (SSSR count). The SMILES string of the molecule is CC(=O)C[C@]1(O)c2cc(I)ccc2-n2c1nc1ccccc1c2=O. The standard InChI is InChI=1S/C18H13IN2O3/c1-10(22)9-18(24)13-8-11(19)6-7-15(13)21-16(23)12-4-2-3-5-14(12)20-17(18)21/h2-8,24H,9H2,1H3/t18-/m0/s1. The van der Waals surface area contributed by atoms with Gasteiger partial charge < -0.3 is 5.11 Å². The minimum atomic E-state index is -1.59. The third kappa shape index (κ3) is 2.06. The lowest BCUT2D eigenvalue weighted by Gasteiger charge is -2.22. The number of nitrogens with zero attached hydrogens (tertiary/aromatic N) is 2. The van der Waals surface area contributed by atoms with E-state index in [0.717, 1.165) is 3.57 Å². The average Bonchev–Trinajstić information content (AvgIpc) is 2.76. The summed E-state index contributed by atoms with van der Waals surface area (Å²) < 4.78 is 2.34. The second kappa shape index (κ2) is 5.22. The predicted molar refractivity (Wildman–Crippen MR) is 98.4 cm³/mol. The smallest absolute Gasteiger partial charge is 0.266 e. The summed E-state index contributed by atoms with van der Waals surface area (Å²) in [4.78, 5) is 29.3. The van der Waals surface area contributed by atoms with Crippen LogP contribution in [0.15, 0.2) is 47.3 Å². The highest BCUT2D eigenvalue weighted by atomic mass is 127. The van der Waals surface area contributed by atoms with Crippen molar-refractivity contribution >= 4 is 39.3 Å². The van der Waals surface area contributed by atoms with Crippen LogP contribution in [0.4, 0.5) is 0 Å². The van der Waals surface area contributed by atoms with Gasteiger partial charge in [-0.15, -0.1) is 0 Å². The molecule has 0 spiro atoms. The fraction of sp³-hybridized carbons (Fsp3) is 0.167. The Morgan fingerprint density at radius 3 is 2.79 bits per heavy atom. The van der Waals surface area contributed by atoms with Crippen molar-refractivity contribution in [1.82, 2.24) is 9.55 Å². The molecule has 0 unspecified atom stereocenters. The molecule has 120 valence electrons. The van der Waals surface area contributed by atoms with Gasteiger partial charge in [0, 0.05) is 15.6 Å². The van der Waals surface area contributed by atoms with Gasteiger partial charge in [0.15, 0.2) is 11.4 Å². The Labute approximate surface area is 151 Å². The van der Waals surface area contributed by atoms with Gasteiger partial charge in [0.05, 0.1) is 16.6 Å². The van der Waals surface area contributed by atoms with E-state index in [2.05, 4.69) is 27.6 Å². The van der Waals surface area contributed by atoms with E-state index >= 15 is 0 Å². The van der Waals surface area contributed by atoms with Crippen molar-refractivity contribution in [2.45, 2.75) is 18.9 Å². The Morgan fingerprint density at radius 1 is 1.29 bits per heavy atom. The van der Waals surface area contributed by atoms with Crippen LogP contribution in [0.25, 0.3) is 16.6 Å². The molecule has 0 fully saturated rings. The maximum absolute atomic E-state index is 13.0. The van der Waals surface area contributed by atoms with Gasteiger partial charge in [-0.2, -0.15) is 0 Å². The molecule has 1 aromatic heterocycles. The summed E-state index contributed by atoms with van der Waals surface area (Å²) in [6.45, 7) is 1.42. The molecule has 0 amide bonds. The second-order valence-electron chi connectivity index (χ2n) is 5.99. The van der Waals surface area contributed by atoms with Gasteiger partial charge in [-0.3, -0.25) is 14.2 Å². The first-order valence-corrected chi connectivity index (χ1v) is 8.54. The van der Waals surface area contributed by atoms with Crippen LogP contribution in [-0.2, 0) is 10.4 Å². The van der Waals surface area contributed by atoms with Crippen molar-refractivity contribution in [3.8, 4) is 5.69 Å². The Kier molecular flexibility index (Phi) is 3.36. The number of aliphatic hydroxyl groups is 1. The molecule has 6 heteroatoms. The zero-order valence-electron chi connectivity index (χ0n) is 12.8. The van der Waals surface area contributed by atoms with Crippen LogP contribution >= 0.6 is 22.6 Å². The Bertz CT molecular complexity index is 1070. The normalized spacial score (nSPS) is 18.5. The monoisotopic (exact) mass is 432 g/mol. The molecule has 3 aromatic rings. The number of aromatic nitrogens is 2. The number of fused-ring (bicyclic) bond motifs is 4. The molecule has 0 radical (unpaired) electrons. The minimum Gasteiger partial charge on any atom is -0.377 e. The summed E-state index contributed by atoms with van der Waals surface area (Å²) >= 11 is 2.14. The highest BCUT2D eigenvalue weighted by Gasteiger charge is 2.45. The number of carbonyl (C=O) groups is 1. The molecule has 1 aliphatic rings. The predicted octanol–water partition coefficient (Wildman–Crippen LogP) is 2.52. The van der Waals surface area contributed by atoms with E-state index in [4.69, 9.17) is 0 Å². The zero-order valence-corrected chi connectivity index (χ0v) is 14.9. The maximum atomic E-state index is 13.0. The van der Waals surface area contributed by atoms with Gasteiger partial charge in [-0.05, 0) is 59.8 Å². The van der Waals surface area contributed by atoms with E-state index < -0.39 is 5.60 Å². The number of rotatable bonds is 2. The van der Waals surface area contributed by atoms with Crippen LogP contribution in [0.2, 0.25) is 0 Å². The molecule has 1 aliphatic heterocycles. The second-order valence-corrected chi connectivity index (χ2v) is 7.24.